The van der Waals surface area contributed by atoms with Crippen molar-refractivity contribution < 1.29 is 32.2 Å². The van der Waals surface area contributed by atoms with E-state index in [-0.39, 0.29) is 25.2 Å². The number of thiazole rings is 1. The number of alkyl halides is 3. The van der Waals surface area contributed by atoms with Crippen LogP contribution < -0.4 is 10.1 Å². The Bertz CT molecular complexity index is 776. The predicted molar refractivity (Wildman–Crippen MR) is 90.3 cm³/mol. The van der Waals surface area contributed by atoms with Crippen LogP contribution in [0, 0.1) is 0 Å². The molecule has 1 aromatic carbocycles. The first kappa shape index (κ1) is 20.0. The van der Waals surface area contributed by atoms with Crippen molar-refractivity contribution in [2.24, 2.45) is 0 Å². The Morgan fingerprint density at radius 1 is 1.27 bits per heavy atom. The maximum atomic E-state index is 11.9. The van der Waals surface area contributed by atoms with Gasteiger partial charge in [0.05, 0.1) is 16.8 Å². The summed E-state index contributed by atoms with van der Waals surface area (Å²) in [6.07, 6.45) is -4.76. The Balaban J connectivity index is 1.79. The molecule has 0 unspecified atom stereocenters. The number of aromatic nitrogens is 1. The number of esters is 1. The van der Waals surface area contributed by atoms with Gasteiger partial charge in [-0.2, -0.15) is 13.2 Å². The van der Waals surface area contributed by atoms with E-state index in [1.165, 1.54) is 11.3 Å². The summed E-state index contributed by atoms with van der Waals surface area (Å²) in [7, 11) is 0. The molecule has 10 heteroatoms. The van der Waals surface area contributed by atoms with E-state index in [0.717, 1.165) is 4.70 Å². The van der Waals surface area contributed by atoms with E-state index in [0.29, 0.717) is 23.0 Å². The van der Waals surface area contributed by atoms with Crippen LogP contribution in [0.2, 0.25) is 0 Å². The zero-order chi connectivity index (χ0) is 19.2. The highest BCUT2D eigenvalue weighted by Crippen LogP contribution is 2.29. The van der Waals surface area contributed by atoms with Crippen LogP contribution in [0.4, 0.5) is 18.3 Å². The number of hydrogen-bond donors (Lipinski definition) is 1. The second kappa shape index (κ2) is 8.84. The minimum Gasteiger partial charge on any atom is -0.494 e. The van der Waals surface area contributed by atoms with Gasteiger partial charge >= 0.3 is 12.1 Å². The average molecular weight is 390 g/mol. The molecule has 142 valence electrons. The molecule has 26 heavy (non-hydrogen) atoms. The predicted octanol–water partition coefficient (Wildman–Crippen LogP) is 3.91. The number of amides is 1. The van der Waals surface area contributed by atoms with Crippen LogP contribution in [0.1, 0.15) is 26.2 Å². The van der Waals surface area contributed by atoms with Crippen molar-refractivity contribution >= 4 is 38.6 Å². The van der Waals surface area contributed by atoms with Crippen molar-refractivity contribution in [1.29, 1.82) is 0 Å². The van der Waals surface area contributed by atoms with Gasteiger partial charge in [-0.1, -0.05) is 11.3 Å². The lowest BCUT2D eigenvalue weighted by Gasteiger charge is -2.07. The molecule has 0 fully saturated rings. The van der Waals surface area contributed by atoms with Crippen molar-refractivity contribution in [3.63, 3.8) is 0 Å². The van der Waals surface area contributed by atoms with Gasteiger partial charge in [-0.25, -0.2) is 4.98 Å². The Morgan fingerprint density at radius 2 is 2.04 bits per heavy atom. The van der Waals surface area contributed by atoms with E-state index in [9.17, 15) is 22.8 Å². The molecule has 2 aromatic rings. The summed E-state index contributed by atoms with van der Waals surface area (Å²) in [5.74, 6) is -0.657. The van der Waals surface area contributed by atoms with Gasteiger partial charge in [0.2, 0.25) is 5.91 Å². The topological polar surface area (TPSA) is 77.5 Å². The maximum Gasteiger partial charge on any atom is 0.422 e. The lowest BCUT2D eigenvalue weighted by atomic mass is 10.2. The van der Waals surface area contributed by atoms with Crippen LogP contribution in [-0.4, -0.2) is 36.3 Å². The summed E-state index contributed by atoms with van der Waals surface area (Å²) in [5.41, 5.74) is 0.712. The van der Waals surface area contributed by atoms with Crippen LogP contribution >= 0.6 is 11.3 Å². The fourth-order valence-electron chi connectivity index (χ4n) is 2.02. The summed E-state index contributed by atoms with van der Waals surface area (Å²) in [5, 5.41) is 3.01. The van der Waals surface area contributed by atoms with Gasteiger partial charge in [-0.15, -0.1) is 0 Å². The molecule has 0 spiro atoms. The molecule has 0 saturated heterocycles. The molecule has 0 aliphatic heterocycles. The molecule has 0 saturated carbocycles. The highest BCUT2D eigenvalue weighted by Gasteiger charge is 2.29. The van der Waals surface area contributed by atoms with Crippen LogP contribution in [0.25, 0.3) is 10.2 Å². The molecular weight excluding hydrogens is 373 g/mol. The second-order valence-corrected chi connectivity index (χ2v) is 6.29. The number of rotatable bonds is 8. The molecule has 0 aliphatic rings. The monoisotopic (exact) mass is 390 g/mol. The van der Waals surface area contributed by atoms with Crippen LogP contribution in [0.5, 0.6) is 5.75 Å². The normalized spacial score (nSPS) is 11.4. The summed E-state index contributed by atoms with van der Waals surface area (Å²) >= 11 is 1.28. The largest absolute Gasteiger partial charge is 0.494 e. The molecule has 6 nitrogen and oxygen atoms in total. The summed E-state index contributed by atoms with van der Waals surface area (Å²) in [6, 6.07) is 5.38. The number of nitrogens with zero attached hydrogens (tertiary/aromatic N) is 1. The summed E-state index contributed by atoms with van der Waals surface area (Å²) in [4.78, 5) is 27.3. The Morgan fingerprint density at radius 3 is 2.73 bits per heavy atom. The van der Waals surface area contributed by atoms with E-state index in [4.69, 9.17) is 4.74 Å². The quantitative estimate of drug-likeness (QED) is 0.692. The molecule has 0 aliphatic carbocycles. The minimum absolute atomic E-state index is 0.0265. The Hall–Kier alpha value is -2.36. The average Bonchev–Trinajstić information content (AvgIpc) is 2.94. The molecule has 1 amide bonds. The van der Waals surface area contributed by atoms with Gasteiger partial charge in [0, 0.05) is 12.8 Å². The first-order valence-corrected chi connectivity index (χ1v) is 8.64. The standard InChI is InChI=1S/C16H17F3N2O4S/c1-2-24-10-6-7-11-12(8-10)26-15(20-11)21-13(22)4-3-5-14(23)25-9-16(17,18)19/h6-8H,2-5,9H2,1H3,(H,20,21,22). The fraction of sp³-hybridized carbons (Fsp3) is 0.438. The first-order valence-electron chi connectivity index (χ1n) is 7.82. The maximum absolute atomic E-state index is 11.9. The van der Waals surface area contributed by atoms with Crippen molar-refractivity contribution in [2.75, 3.05) is 18.5 Å². The summed E-state index contributed by atoms with van der Waals surface area (Å²) in [6.45, 7) is 0.800. The van der Waals surface area contributed by atoms with Crippen molar-refractivity contribution in [2.45, 2.75) is 32.4 Å². The molecule has 0 atom stereocenters. The van der Waals surface area contributed by atoms with Gasteiger partial charge in [0.25, 0.3) is 0 Å². The number of halogens is 3. The van der Waals surface area contributed by atoms with Crippen LogP contribution in [-0.2, 0) is 14.3 Å². The zero-order valence-corrected chi connectivity index (χ0v) is 14.7. The number of carbonyl (C=O) groups excluding carboxylic acids is 2. The minimum atomic E-state index is -4.55. The third kappa shape index (κ3) is 6.51. The van der Waals surface area contributed by atoms with E-state index in [2.05, 4.69) is 15.0 Å². The number of ether oxygens (including phenoxy) is 2. The molecule has 1 heterocycles. The zero-order valence-electron chi connectivity index (χ0n) is 13.9. The van der Waals surface area contributed by atoms with Gasteiger partial charge in [-0.3, -0.25) is 9.59 Å². The van der Waals surface area contributed by atoms with Crippen LogP contribution in [0.3, 0.4) is 0 Å². The Kier molecular flexibility index (Phi) is 6.78. The molecule has 1 N–H and O–H groups in total. The number of fused-ring (bicyclic) bond motifs is 1. The number of benzene rings is 1. The fourth-order valence-corrected chi connectivity index (χ4v) is 2.93. The third-order valence-corrected chi connectivity index (χ3v) is 4.03. The van der Waals surface area contributed by atoms with Crippen LogP contribution in [0.15, 0.2) is 18.2 Å². The number of nitrogens with one attached hydrogen (secondary N) is 1. The lowest BCUT2D eigenvalue weighted by Crippen LogP contribution is -2.20. The smallest absolute Gasteiger partial charge is 0.422 e. The van der Waals surface area contributed by atoms with Crippen molar-refractivity contribution in [3.05, 3.63) is 18.2 Å². The Labute approximate surface area is 151 Å². The highest BCUT2D eigenvalue weighted by molar-refractivity contribution is 7.22. The van der Waals surface area contributed by atoms with E-state index < -0.39 is 18.8 Å². The van der Waals surface area contributed by atoms with E-state index in [1.54, 1.807) is 12.1 Å². The molecular formula is C16H17F3N2O4S. The van der Waals surface area contributed by atoms with Gasteiger partial charge in [-0.05, 0) is 31.5 Å². The van der Waals surface area contributed by atoms with Gasteiger partial charge in [0.15, 0.2) is 11.7 Å². The van der Waals surface area contributed by atoms with E-state index >= 15 is 0 Å². The van der Waals surface area contributed by atoms with Gasteiger partial charge in [0.1, 0.15) is 5.75 Å². The second-order valence-electron chi connectivity index (χ2n) is 5.26. The van der Waals surface area contributed by atoms with Crippen molar-refractivity contribution in [3.8, 4) is 5.75 Å². The molecule has 1 aromatic heterocycles. The van der Waals surface area contributed by atoms with Crippen molar-refractivity contribution in [1.82, 2.24) is 4.98 Å². The number of carbonyl (C=O) groups is 2. The molecule has 2 rings (SSSR count). The highest BCUT2D eigenvalue weighted by atomic mass is 32.1. The molecule has 0 bridgehead atoms. The number of hydrogen-bond acceptors (Lipinski definition) is 6. The lowest BCUT2D eigenvalue weighted by molar-refractivity contribution is -0.186. The SMILES string of the molecule is CCOc1ccc2nc(NC(=O)CCCC(=O)OCC(F)(F)F)sc2c1. The van der Waals surface area contributed by atoms with Gasteiger partial charge < -0.3 is 14.8 Å². The molecule has 0 radical (unpaired) electrons. The number of anilines is 1. The van der Waals surface area contributed by atoms with E-state index in [1.807, 2.05) is 13.0 Å². The third-order valence-electron chi connectivity index (χ3n) is 3.10. The summed E-state index contributed by atoms with van der Waals surface area (Å²) < 4.78 is 46.0. The first-order chi connectivity index (χ1) is 12.3.